The molecule has 0 atom stereocenters. The van der Waals surface area contributed by atoms with Crippen LogP contribution in [-0.2, 0) is 24.1 Å². The zero-order valence-electron chi connectivity index (χ0n) is 19.6. The Bertz CT molecular complexity index is 1170. The molecule has 35 heavy (non-hydrogen) atoms. The monoisotopic (exact) mass is 506 g/mol. The molecule has 186 valence electrons. The van der Waals surface area contributed by atoms with Gasteiger partial charge in [-0.05, 0) is 73.7 Å². The summed E-state index contributed by atoms with van der Waals surface area (Å²) in [7, 11) is 0. The fraction of sp³-hybridized carbons (Fsp3) is 0.308. The first-order chi connectivity index (χ1) is 16.5. The first kappa shape index (κ1) is 26.4. The molecular weight excluding hydrogens is 480 g/mol. The van der Waals surface area contributed by atoms with Gasteiger partial charge in [-0.2, -0.15) is 13.2 Å². The zero-order valence-corrected chi connectivity index (χ0v) is 20.4. The van der Waals surface area contributed by atoms with Gasteiger partial charge in [0.25, 0.3) is 5.91 Å². The number of carbonyl (C=O) groups excluding carboxylic acids is 2. The lowest BCUT2D eigenvalue weighted by Crippen LogP contribution is -2.45. The van der Waals surface area contributed by atoms with Gasteiger partial charge in [0.1, 0.15) is 12.4 Å². The van der Waals surface area contributed by atoms with E-state index in [0.717, 1.165) is 22.6 Å². The Hall–Kier alpha value is -3.20. The standard InChI is InChI=1S/C26H26F4N2O2S/c1-17(2)32(25(34)20-5-4-6-21(13-20)26(28,29)30)16-24(33)31(15-23-18(3)11-12-35-23)14-19-7-9-22(27)10-8-19/h4-13,17H,14-16H2,1-3H3. The number of carbonyl (C=O) groups is 2. The van der Waals surface area contributed by atoms with E-state index in [0.29, 0.717) is 12.1 Å². The van der Waals surface area contributed by atoms with Gasteiger partial charge in [-0.25, -0.2) is 4.39 Å². The minimum Gasteiger partial charge on any atom is -0.332 e. The fourth-order valence-electron chi connectivity index (χ4n) is 3.51. The molecule has 1 heterocycles. The summed E-state index contributed by atoms with van der Waals surface area (Å²) in [5.41, 5.74) is 0.673. The highest BCUT2D eigenvalue weighted by Gasteiger charge is 2.32. The Morgan fingerprint density at radius 3 is 2.26 bits per heavy atom. The first-order valence-corrected chi connectivity index (χ1v) is 11.9. The molecule has 3 aromatic rings. The van der Waals surface area contributed by atoms with E-state index in [1.165, 1.54) is 40.5 Å². The van der Waals surface area contributed by atoms with Gasteiger partial charge < -0.3 is 9.80 Å². The van der Waals surface area contributed by atoms with Crippen LogP contribution >= 0.6 is 11.3 Å². The molecule has 1 aromatic heterocycles. The Morgan fingerprint density at radius 1 is 1.00 bits per heavy atom. The molecule has 0 unspecified atom stereocenters. The van der Waals surface area contributed by atoms with Gasteiger partial charge in [0.2, 0.25) is 5.91 Å². The second kappa shape index (κ2) is 11.0. The van der Waals surface area contributed by atoms with Gasteiger partial charge in [0, 0.05) is 23.0 Å². The van der Waals surface area contributed by atoms with E-state index in [1.807, 2.05) is 18.4 Å². The molecular formula is C26H26F4N2O2S. The molecule has 0 fully saturated rings. The number of hydrogen-bond donors (Lipinski definition) is 0. The topological polar surface area (TPSA) is 40.6 Å². The molecule has 0 saturated heterocycles. The van der Waals surface area contributed by atoms with Crippen LogP contribution in [0.1, 0.15) is 45.8 Å². The van der Waals surface area contributed by atoms with Gasteiger partial charge >= 0.3 is 6.18 Å². The molecule has 2 amide bonds. The van der Waals surface area contributed by atoms with E-state index in [2.05, 4.69) is 0 Å². The quantitative estimate of drug-likeness (QED) is 0.337. The molecule has 0 N–H and O–H groups in total. The maximum absolute atomic E-state index is 13.4. The Morgan fingerprint density at radius 2 is 1.69 bits per heavy atom. The fourth-order valence-corrected chi connectivity index (χ4v) is 4.43. The summed E-state index contributed by atoms with van der Waals surface area (Å²) in [6.07, 6.45) is -4.58. The van der Waals surface area contributed by atoms with Crippen molar-refractivity contribution < 1.29 is 27.2 Å². The van der Waals surface area contributed by atoms with Crippen molar-refractivity contribution in [1.82, 2.24) is 9.80 Å². The smallest absolute Gasteiger partial charge is 0.332 e. The van der Waals surface area contributed by atoms with Crippen molar-refractivity contribution in [3.05, 3.63) is 92.9 Å². The number of amides is 2. The average Bonchev–Trinajstić information content (AvgIpc) is 3.21. The highest BCUT2D eigenvalue weighted by Crippen LogP contribution is 2.30. The Kier molecular flexibility index (Phi) is 8.32. The molecule has 3 rings (SSSR count). The summed E-state index contributed by atoms with van der Waals surface area (Å²) in [4.78, 5) is 30.4. The van der Waals surface area contributed by atoms with Gasteiger partial charge in [-0.1, -0.05) is 18.2 Å². The number of halogens is 4. The van der Waals surface area contributed by atoms with Crippen LogP contribution in [0.3, 0.4) is 0 Å². The molecule has 0 radical (unpaired) electrons. The average molecular weight is 507 g/mol. The second-order valence-electron chi connectivity index (χ2n) is 8.51. The normalized spacial score (nSPS) is 11.5. The van der Waals surface area contributed by atoms with Crippen LogP contribution in [0.25, 0.3) is 0 Å². The lowest BCUT2D eigenvalue weighted by molar-refractivity contribution is -0.137. The van der Waals surface area contributed by atoms with Crippen molar-refractivity contribution in [3.8, 4) is 0 Å². The third-order valence-electron chi connectivity index (χ3n) is 5.57. The zero-order chi connectivity index (χ0) is 25.8. The summed E-state index contributed by atoms with van der Waals surface area (Å²) in [5, 5.41) is 1.92. The van der Waals surface area contributed by atoms with Crippen LogP contribution < -0.4 is 0 Å². The van der Waals surface area contributed by atoms with Crippen LogP contribution in [0.15, 0.2) is 60.0 Å². The van der Waals surface area contributed by atoms with Crippen molar-refractivity contribution in [3.63, 3.8) is 0 Å². The van der Waals surface area contributed by atoms with Crippen LogP contribution in [0.2, 0.25) is 0 Å². The number of nitrogens with zero attached hydrogens (tertiary/aromatic N) is 2. The van der Waals surface area contributed by atoms with E-state index in [-0.39, 0.29) is 24.6 Å². The van der Waals surface area contributed by atoms with Gasteiger partial charge in [0.15, 0.2) is 0 Å². The second-order valence-corrected chi connectivity index (χ2v) is 9.51. The van der Waals surface area contributed by atoms with Crippen molar-refractivity contribution in [1.29, 1.82) is 0 Å². The molecule has 0 saturated carbocycles. The lowest BCUT2D eigenvalue weighted by atomic mass is 10.1. The Balaban J connectivity index is 1.85. The van der Waals surface area contributed by atoms with Gasteiger partial charge in [0.05, 0.1) is 12.1 Å². The third-order valence-corrected chi connectivity index (χ3v) is 6.58. The van der Waals surface area contributed by atoms with Gasteiger partial charge in [-0.15, -0.1) is 11.3 Å². The minimum absolute atomic E-state index is 0.138. The highest BCUT2D eigenvalue weighted by molar-refractivity contribution is 7.10. The van der Waals surface area contributed by atoms with Crippen LogP contribution in [0.4, 0.5) is 17.6 Å². The largest absolute Gasteiger partial charge is 0.416 e. The van der Waals surface area contributed by atoms with E-state index < -0.39 is 29.5 Å². The Labute approximate surface area is 205 Å². The van der Waals surface area contributed by atoms with E-state index >= 15 is 0 Å². The maximum Gasteiger partial charge on any atom is 0.416 e. The molecule has 4 nitrogen and oxygen atoms in total. The van der Waals surface area contributed by atoms with E-state index in [9.17, 15) is 27.2 Å². The third kappa shape index (κ3) is 6.91. The summed E-state index contributed by atoms with van der Waals surface area (Å²) >= 11 is 1.50. The summed E-state index contributed by atoms with van der Waals surface area (Å²) in [6.45, 7) is 5.52. The van der Waals surface area contributed by atoms with Crippen molar-refractivity contribution in [2.45, 2.75) is 46.1 Å². The number of alkyl halides is 3. The number of benzene rings is 2. The minimum atomic E-state index is -4.58. The summed E-state index contributed by atoms with van der Waals surface area (Å²) < 4.78 is 52.8. The van der Waals surface area contributed by atoms with Crippen LogP contribution in [-0.4, -0.2) is 34.2 Å². The van der Waals surface area contributed by atoms with E-state index in [4.69, 9.17) is 0 Å². The molecule has 0 aliphatic heterocycles. The molecule has 0 bridgehead atoms. The molecule has 9 heteroatoms. The van der Waals surface area contributed by atoms with Crippen LogP contribution in [0.5, 0.6) is 0 Å². The first-order valence-electron chi connectivity index (χ1n) is 11.0. The van der Waals surface area contributed by atoms with Crippen molar-refractivity contribution >= 4 is 23.2 Å². The SMILES string of the molecule is Cc1ccsc1CN(Cc1ccc(F)cc1)C(=O)CN(C(=O)c1cccc(C(F)(F)F)c1)C(C)C. The van der Waals surface area contributed by atoms with Crippen LogP contribution in [0, 0.1) is 12.7 Å². The number of hydrogen-bond acceptors (Lipinski definition) is 3. The number of thiophene rings is 1. The highest BCUT2D eigenvalue weighted by atomic mass is 32.1. The maximum atomic E-state index is 13.4. The number of aryl methyl sites for hydroxylation is 1. The molecule has 2 aromatic carbocycles. The predicted octanol–water partition coefficient (Wildman–Crippen LogP) is 6.29. The van der Waals surface area contributed by atoms with Crippen molar-refractivity contribution in [2.24, 2.45) is 0 Å². The van der Waals surface area contributed by atoms with E-state index in [1.54, 1.807) is 30.9 Å². The number of rotatable bonds is 8. The predicted molar refractivity (Wildman–Crippen MR) is 127 cm³/mol. The lowest BCUT2D eigenvalue weighted by Gasteiger charge is -2.30. The molecule has 0 aliphatic rings. The van der Waals surface area contributed by atoms with Crippen molar-refractivity contribution in [2.75, 3.05) is 6.54 Å². The van der Waals surface area contributed by atoms with Gasteiger partial charge in [-0.3, -0.25) is 9.59 Å². The molecule has 0 aliphatic carbocycles. The molecule has 0 spiro atoms. The summed E-state index contributed by atoms with van der Waals surface area (Å²) in [5.74, 6) is -1.41. The summed E-state index contributed by atoms with van der Waals surface area (Å²) in [6, 6.07) is 11.5.